The van der Waals surface area contributed by atoms with Crippen LogP contribution in [0.1, 0.15) is 37.7 Å². The minimum atomic E-state index is -3.46. The summed E-state index contributed by atoms with van der Waals surface area (Å²) >= 11 is 0. The van der Waals surface area contributed by atoms with Crippen LogP contribution < -0.4 is 0 Å². The molecule has 3 amide bonds. The van der Waals surface area contributed by atoms with Crippen molar-refractivity contribution in [2.24, 2.45) is 5.41 Å². The van der Waals surface area contributed by atoms with Crippen LogP contribution in [0.2, 0.25) is 0 Å². The molecule has 0 bridgehead atoms. The maximum atomic E-state index is 12.8. The van der Waals surface area contributed by atoms with Crippen molar-refractivity contribution in [2.45, 2.75) is 37.9 Å². The van der Waals surface area contributed by atoms with Crippen molar-refractivity contribution in [3.05, 3.63) is 35.9 Å². The van der Waals surface area contributed by atoms with Crippen LogP contribution in [0.5, 0.6) is 0 Å². The van der Waals surface area contributed by atoms with Crippen LogP contribution in [0.25, 0.3) is 0 Å². The third-order valence-corrected chi connectivity index (χ3v) is 8.37. The van der Waals surface area contributed by atoms with E-state index in [0.29, 0.717) is 0 Å². The van der Waals surface area contributed by atoms with Gasteiger partial charge in [-0.15, -0.1) is 0 Å². The van der Waals surface area contributed by atoms with Gasteiger partial charge in [-0.2, -0.15) is 4.31 Å². The van der Waals surface area contributed by atoms with Gasteiger partial charge in [-0.3, -0.25) is 19.3 Å². The monoisotopic (exact) mass is 433 g/mol. The van der Waals surface area contributed by atoms with E-state index in [1.807, 2.05) is 6.07 Å². The van der Waals surface area contributed by atoms with Crippen molar-refractivity contribution in [1.29, 1.82) is 0 Å². The average molecular weight is 434 g/mol. The highest BCUT2D eigenvalue weighted by Crippen LogP contribution is 2.46. The highest BCUT2D eigenvalue weighted by Gasteiger charge is 2.53. The molecule has 1 aromatic carbocycles. The quantitative estimate of drug-likeness (QED) is 0.645. The fourth-order valence-corrected chi connectivity index (χ4v) is 6.31. The summed E-state index contributed by atoms with van der Waals surface area (Å²) in [5, 5.41) is 0. The molecular weight excluding hydrogens is 406 g/mol. The zero-order valence-electron chi connectivity index (χ0n) is 17.0. The molecule has 1 aliphatic carbocycles. The molecule has 1 aromatic rings. The van der Waals surface area contributed by atoms with Crippen molar-refractivity contribution < 1.29 is 22.8 Å². The summed E-state index contributed by atoms with van der Waals surface area (Å²) in [6.45, 7) is 0.706. The number of piperazine rings is 1. The molecule has 0 unspecified atom stereocenters. The number of carbonyl (C=O) groups excluding carboxylic acids is 3. The van der Waals surface area contributed by atoms with Crippen LogP contribution in [0.4, 0.5) is 0 Å². The predicted molar refractivity (Wildman–Crippen MR) is 109 cm³/mol. The van der Waals surface area contributed by atoms with Crippen molar-refractivity contribution in [3.8, 4) is 0 Å². The molecule has 0 radical (unpaired) electrons. The van der Waals surface area contributed by atoms with Crippen LogP contribution in [0.15, 0.2) is 30.3 Å². The molecule has 3 aliphatic rings. The Kier molecular flexibility index (Phi) is 5.67. The summed E-state index contributed by atoms with van der Waals surface area (Å²) in [5.41, 5.74) is 0.143. The van der Waals surface area contributed by atoms with Gasteiger partial charge in [0.2, 0.25) is 27.7 Å². The minimum Gasteiger partial charge on any atom is -0.338 e. The summed E-state index contributed by atoms with van der Waals surface area (Å²) < 4.78 is 26.7. The minimum absolute atomic E-state index is 0.0688. The van der Waals surface area contributed by atoms with Gasteiger partial charge in [0, 0.05) is 32.6 Å². The summed E-state index contributed by atoms with van der Waals surface area (Å²) in [4.78, 5) is 40.5. The number of nitrogens with zero attached hydrogens (tertiary/aromatic N) is 3. The van der Waals surface area contributed by atoms with E-state index in [4.69, 9.17) is 0 Å². The molecule has 9 heteroatoms. The second-order valence-corrected chi connectivity index (χ2v) is 10.4. The van der Waals surface area contributed by atoms with Crippen molar-refractivity contribution in [1.82, 2.24) is 14.1 Å². The topological polar surface area (TPSA) is 95.1 Å². The maximum absolute atomic E-state index is 12.8. The van der Waals surface area contributed by atoms with E-state index < -0.39 is 15.4 Å². The third-order valence-electron chi connectivity index (χ3n) is 6.52. The second-order valence-electron chi connectivity index (χ2n) is 8.47. The molecule has 162 valence electrons. The normalized spacial score (nSPS) is 22.3. The van der Waals surface area contributed by atoms with Crippen molar-refractivity contribution in [2.75, 3.05) is 32.7 Å². The van der Waals surface area contributed by atoms with Gasteiger partial charge in [0.05, 0.1) is 11.2 Å². The van der Waals surface area contributed by atoms with Gasteiger partial charge < -0.3 is 4.90 Å². The van der Waals surface area contributed by atoms with E-state index in [2.05, 4.69) is 0 Å². The molecule has 8 nitrogen and oxygen atoms in total. The number of hydrogen-bond donors (Lipinski definition) is 0. The number of sulfonamides is 1. The Morgan fingerprint density at radius 1 is 0.967 bits per heavy atom. The summed E-state index contributed by atoms with van der Waals surface area (Å²) in [7, 11) is -3.46. The van der Waals surface area contributed by atoms with Crippen LogP contribution in [0, 0.1) is 5.41 Å². The number of benzene rings is 1. The van der Waals surface area contributed by atoms with Gasteiger partial charge >= 0.3 is 0 Å². The lowest BCUT2D eigenvalue weighted by Gasteiger charge is -2.34. The lowest BCUT2D eigenvalue weighted by Crippen LogP contribution is -2.53. The molecule has 0 atom stereocenters. The maximum Gasteiger partial charge on any atom is 0.242 e. The van der Waals surface area contributed by atoms with Crippen LogP contribution in [0.3, 0.4) is 0 Å². The highest BCUT2D eigenvalue weighted by molar-refractivity contribution is 7.88. The zero-order valence-corrected chi connectivity index (χ0v) is 17.8. The highest BCUT2D eigenvalue weighted by atomic mass is 32.2. The van der Waals surface area contributed by atoms with Gasteiger partial charge in [-0.25, -0.2) is 8.42 Å². The average Bonchev–Trinajstić information content (AvgIpc) is 3.29. The lowest BCUT2D eigenvalue weighted by atomic mass is 9.84. The van der Waals surface area contributed by atoms with E-state index in [1.54, 1.807) is 29.2 Å². The molecule has 2 aliphatic heterocycles. The Bertz CT molecular complexity index is 933. The molecule has 0 aromatic heterocycles. The number of rotatable bonds is 5. The summed E-state index contributed by atoms with van der Waals surface area (Å²) in [6, 6.07) is 9.00. The second kappa shape index (κ2) is 8.11. The lowest BCUT2D eigenvalue weighted by molar-refractivity contribution is -0.147. The molecule has 2 heterocycles. The van der Waals surface area contributed by atoms with Crippen LogP contribution in [-0.2, 0) is 30.2 Å². The fourth-order valence-electron chi connectivity index (χ4n) is 4.79. The van der Waals surface area contributed by atoms with Crippen molar-refractivity contribution >= 4 is 27.7 Å². The SMILES string of the molecule is O=C(CN1C(=O)CC2(CCCC2)C1=O)N1CCN(S(=O)(=O)Cc2ccccc2)CC1. The molecule has 4 rings (SSSR count). The van der Waals surface area contributed by atoms with Gasteiger partial charge in [-0.1, -0.05) is 43.2 Å². The Morgan fingerprint density at radius 3 is 2.23 bits per heavy atom. The Balaban J connectivity index is 1.32. The van der Waals surface area contributed by atoms with E-state index >= 15 is 0 Å². The van der Waals surface area contributed by atoms with E-state index in [9.17, 15) is 22.8 Å². The van der Waals surface area contributed by atoms with Gasteiger partial charge in [0.25, 0.3) is 0 Å². The van der Waals surface area contributed by atoms with Gasteiger partial charge in [-0.05, 0) is 18.4 Å². The molecule has 1 saturated carbocycles. The largest absolute Gasteiger partial charge is 0.338 e. The Hall–Kier alpha value is -2.26. The van der Waals surface area contributed by atoms with Crippen LogP contribution >= 0.6 is 0 Å². The van der Waals surface area contributed by atoms with Crippen molar-refractivity contribution in [3.63, 3.8) is 0 Å². The molecule has 1 spiro atoms. The first kappa shape index (κ1) is 21.0. The molecule has 30 heavy (non-hydrogen) atoms. The number of imide groups is 1. The third kappa shape index (κ3) is 4.00. The first-order valence-electron chi connectivity index (χ1n) is 10.5. The summed E-state index contributed by atoms with van der Waals surface area (Å²) in [5.74, 6) is -0.839. The number of likely N-dealkylation sites (tertiary alicyclic amines) is 1. The predicted octanol–water partition coefficient (Wildman–Crippen LogP) is 0.980. The number of hydrogen-bond acceptors (Lipinski definition) is 5. The van der Waals surface area contributed by atoms with E-state index in [0.717, 1.165) is 36.1 Å². The summed E-state index contributed by atoms with van der Waals surface area (Å²) in [6.07, 6.45) is 3.55. The first-order valence-corrected chi connectivity index (χ1v) is 12.1. The fraction of sp³-hybridized carbons (Fsp3) is 0.571. The first-order chi connectivity index (χ1) is 14.3. The Morgan fingerprint density at radius 2 is 1.60 bits per heavy atom. The standard InChI is InChI=1S/C21H27N3O5S/c25-18-14-21(8-4-5-9-21)20(27)24(18)15-19(26)22-10-12-23(13-11-22)30(28,29)16-17-6-2-1-3-7-17/h1-3,6-7H,4-5,8-16H2. The molecular formula is C21H27N3O5S. The Labute approximate surface area is 176 Å². The zero-order chi connectivity index (χ0) is 21.4. The number of carbonyl (C=O) groups is 3. The van der Waals surface area contributed by atoms with E-state index in [1.165, 1.54) is 4.31 Å². The smallest absolute Gasteiger partial charge is 0.242 e. The van der Waals surface area contributed by atoms with Gasteiger partial charge in [0.1, 0.15) is 6.54 Å². The van der Waals surface area contributed by atoms with Crippen LogP contribution in [-0.4, -0.2) is 73.0 Å². The molecule has 0 N–H and O–H groups in total. The van der Waals surface area contributed by atoms with Gasteiger partial charge in [0.15, 0.2) is 0 Å². The molecule has 3 fully saturated rings. The van der Waals surface area contributed by atoms with E-state index in [-0.39, 0.29) is 62.6 Å². The molecule has 2 saturated heterocycles. The number of amides is 3.